The van der Waals surface area contributed by atoms with Crippen LogP contribution < -0.4 is 10.1 Å². The van der Waals surface area contributed by atoms with Crippen molar-refractivity contribution in [2.75, 3.05) is 5.32 Å². The first-order valence-corrected chi connectivity index (χ1v) is 9.51. The summed E-state index contributed by atoms with van der Waals surface area (Å²) >= 11 is 5.86. The van der Waals surface area contributed by atoms with Gasteiger partial charge in [-0.3, -0.25) is 9.78 Å². The number of halogens is 1. The van der Waals surface area contributed by atoms with Crippen molar-refractivity contribution in [1.29, 1.82) is 0 Å². The highest BCUT2D eigenvalue weighted by Crippen LogP contribution is 2.23. The first-order valence-electron chi connectivity index (χ1n) is 9.14. The van der Waals surface area contributed by atoms with E-state index in [2.05, 4.69) is 15.3 Å². The van der Waals surface area contributed by atoms with Gasteiger partial charge in [0, 0.05) is 16.3 Å². The molecule has 0 radical (unpaired) electrons. The third-order valence-electron chi connectivity index (χ3n) is 4.39. The van der Waals surface area contributed by atoms with Crippen LogP contribution in [0.3, 0.4) is 0 Å². The fraction of sp³-hybridized carbons (Fsp3) is 0.0870. The molecule has 0 saturated carbocycles. The molecule has 0 aliphatic rings. The van der Waals surface area contributed by atoms with Crippen molar-refractivity contribution in [1.82, 2.24) is 9.97 Å². The summed E-state index contributed by atoms with van der Waals surface area (Å²) in [7, 11) is 0. The molecule has 0 spiro atoms. The Labute approximate surface area is 173 Å². The average molecular weight is 404 g/mol. The van der Waals surface area contributed by atoms with Gasteiger partial charge in [-0.1, -0.05) is 23.7 Å². The number of aromatic nitrogens is 2. The molecule has 0 aliphatic carbocycles. The highest BCUT2D eigenvalue weighted by molar-refractivity contribution is 6.30. The fourth-order valence-electron chi connectivity index (χ4n) is 2.84. The summed E-state index contributed by atoms with van der Waals surface area (Å²) in [6.07, 6.45) is 1.09. The maximum Gasteiger partial charge on any atom is 0.265 e. The number of fused-ring (bicyclic) bond motifs is 1. The third kappa shape index (κ3) is 4.52. The standard InChI is InChI=1S/C23H18ClN3O2/c1-15(23(28)26-18-10-8-17(24)9-11-18)29-19-12-6-16(7-13-19)22-14-25-20-4-2-3-5-21(20)27-22/h2-15H,1H3,(H,26,28)/t15-/m0/s1. The molecule has 5 nitrogen and oxygen atoms in total. The number of carbonyl (C=O) groups is 1. The number of anilines is 1. The fourth-order valence-corrected chi connectivity index (χ4v) is 2.96. The Bertz CT molecular complexity index is 1140. The SMILES string of the molecule is C[C@H](Oc1ccc(-c2cnc3ccccc3n2)cc1)C(=O)Nc1ccc(Cl)cc1. The Kier molecular flexibility index (Phi) is 5.40. The van der Waals surface area contributed by atoms with Crippen LogP contribution in [-0.4, -0.2) is 22.0 Å². The van der Waals surface area contributed by atoms with Crippen LogP contribution in [0.15, 0.2) is 79.0 Å². The van der Waals surface area contributed by atoms with Crippen LogP contribution >= 0.6 is 11.6 Å². The van der Waals surface area contributed by atoms with Gasteiger partial charge >= 0.3 is 0 Å². The first-order chi connectivity index (χ1) is 14.1. The van der Waals surface area contributed by atoms with Crippen molar-refractivity contribution in [2.45, 2.75) is 13.0 Å². The number of rotatable bonds is 5. The summed E-state index contributed by atoms with van der Waals surface area (Å²) in [5, 5.41) is 3.42. The Morgan fingerprint density at radius 3 is 2.38 bits per heavy atom. The number of nitrogens with one attached hydrogen (secondary N) is 1. The largest absolute Gasteiger partial charge is 0.481 e. The Morgan fingerprint density at radius 1 is 0.966 bits per heavy atom. The van der Waals surface area contributed by atoms with Crippen LogP contribution in [0.4, 0.5) is 5.69 Å². The molecule has 144 valence electrons. The first kappa shape index (κ1) is 18.9. The topological polar surface area (TPSA) is 64.1 Å². The van der Waals surface area contributed by atoms with Gasteiger partial charge in [0.05, 0.1) is 22.9 Å². The Balaban J connectivity index is 1.43. The smallest absolute Gasteiger partial charge is 0.265 e. The highest BCUT2D eigenvalue weighted by Gasteiger charge is 2.15. The highest BCUT2D eigenvalue weighted by atomic mass is 35.5. The Morgan fingerprint density at radius 2 is 1.66 bits per heavy atom. The van der Waals surface area contributed by atoms with E-state index in [1.807, 2.05) is 48.5 Å². The predicted octanol–water partition coefficient (Wildman–Crippen LogP) is 5.36. The molecule has 0 aliphatic heterocycles. The summed E-state index contributed by atoms with van der Waals surface area (Å²) in [6.45, 7) is 1.70. The van der Waals surface area contributed by atoms with Gasteiger partial charge in [-0.25, -0.2) is 4.98 Å². The molecule has 1 aromatic heterocycles. The van der Waals surface area contributed by atoms with Gasteiger partial charge in [0.25, 0.3) is 5.91 Å². The van der Waals surface area contributed by atoms with E-state index in [0.717, 1.165) is 22.3 Å². The molecular formula is C23H18ClN3O2. The minimum atomic E-state index is -0.656. The second-order valence-corrected chi connectivity index (χ2v) is 6.96. The van der Waals surface area contributed by atoms with Crippen LogP contribution in [0.1, 0.15) is 6.92 Å². The molecule has 1 atom stereocenters. The van der Waals surface area contributed by atoms with Gasteiger partial charge in [0.15, 0.2) is 6.10 Å². The number of amides is 1. The molecule has 4 rings (SSSR count). The number of nitrogens with zero attached hydrogens (tertiary/aromatic N) is 2. The normalized spacial score (nSPS) is 11.8. The zero-order chi connectivity index (χ0) is 20.2. The number of ether oxygens (including phenoxy) is 1. The number of hydrogen-bond acceptors (Lipinski definition) is 4. The summed E-state index contributed by atoms with van der Waals surface area (Å²) in [4.78, 5) is 21.4. The van der Waals surface area contributed by atoms with Crippen molar-refractivity contribution >= 4 is 34.2 Å². The number of hydrogen-bond donors (Lipinski definition) is 1. The lowest BCUT2D eigenvalue weighted by Crippen LogP contribution is -2.30. The molecule has 0 saturated heterocycles. The molecule has 4 aromatic rings. The molecule has 29 heavy (non-hydrogen) atoms. The molecular weight excluding hydrogens is 386 g/mol. The van der Waals surface area contributed by atoms with Crippen LogP contribution in [-0.2, 0) is 4.79 Å². The van der Waals surface area contributed by atoms with Crippen LogP contribution in [0, 0.1) is 0 Å². The van der Waals surface area contributed by atoms with E-state index in [-0.39, 0.29) is 5.91 Å². The molecule has 0 fully saturated rings. The van der Waals surface area contributed by atoms with E-state index in [0.29, 0.717) is 16.5 Å². The minimum Gasteiger partial charge on any atom is -0.481 e. The summed E-state index contributed by atoms with van der Waals surface area (Å²) < 4.78 is 5.76. The molecule has 0 bridgehead atoms. The zero-order valence-corrected chi connectivity index (χ0v) is 16.4. The summed E-state index contributed by atoms with van der Waals surface area (Å²) in [5.74, 6) is 0.359. The van der Waals surface area contributed by atoms with Gasteiger partial charge < -0.3 is 10.1 Å². The number of carbonyl (C=O) groups excluding carboxylic acids is 1. The van der Waals surface area contributed by atoms with Crippen LogP contribution in [0.5, 0.6) is 5.75 Å². The van der Waals surface area contributed by atoms with E-state index in [4.69, 9.17) is 16.3 Å². The van der Waals surface area contributed by atoms with E-state index < -0.39 is 6.10 Å². The Hall–Kier alpha value is -3.44. The molecule has 1 N–H and O–H groups in total. The van der Waals surface area contributed by atoms with Gasteiger partial charge in [-0.05, 0) is 67.6 Å². The van der Waals surface area contributed by atoms with Crippen molar-refractivity contribution in [3.05, 3.63) is 84.0 Å². The molecule has 1 amide bonds. The molecule has 6 heteroatoms. The van der Waals surface area contributed by atoms with Gasteiger partial charge in [0.1, 0.15) is 5.75 Å². The molecule has 0 unspecified atom stereocenters. The van der Waals surface area contributed by atoms with Crippen LogP contribution in [0.2, 0.25) is 5.02 Å². The van der Waals surface area contributed by atoms with E-state index in [1.165, 1.54) is 0 Å². The second-order valence-electron chi connectivity index (χ2n) is 6.52. The second kappa shape index (κ2) is 8.29. The number of para-hydroxylation sites is 2. The van der Waals surface area contributed by atoms with E-state index in [1.54, 1.807) is 37.4 Å². The molecule has 1 heterocycles. The maximum absolute atomic E-state index is 12.3. The van der Waals surface area contributed by atoms with Crippen molar-refractivity contribution in [3.63, 3.8) is 0 Å². The van der Waals surface area contributed by atoms with Crippen LogP contribution in [0.25, 0.3) is 22.3 Å². The van der Waals surface area contributed by atoms with E-state index >= 15 is 0 Å². The van der Waals surface area contributed by atoms with Gasteiger partial charge in [0.2, 0.25) is 0 Å². The van der Waals surface area contributed by atoms with Gasteiger partial charge in [-0.15, -0.1) is 0 Å². The third-order valence-corrected chi connectivity index (χ3v) is 4.64. The lowest BCUT2D eigenvalue weighted by Gasteiger charge is -2.15. The summed E-state index contributed by atoms with van der Waals surface area (Å²) in [6, 6.07) is 22.1. The van der Waals surface area contributed by atoms with Crippen molar-refractivity contribution in [3.8, 4) is 17.0 Å². The lowest BCUT2D eigenvalue weighted by atomic mass is 10.1. The quantitative estimate of drug-likeness (QED) is 0.487. The molecule has 3 aromatic carbocycles. The lowest BCUT2D eigenvalue weighted by molar-refractivity contribution is -0.122. The van der Waals surface area contributed by atoms with E-state index in [9.17, 15) is 4.79 Å². The van der Waals surface area contributed by atoms with Gasteiger partial charge in [-0.2, -0.15) is 0 Å². The monoisotopic (exact) mass is 403 g/mol. The zero-order valence-electron chi connectivity index (χ0n) is 15.7. The summed E-state index contributed by atoms with van der Waals surface area (Å²) in [5.41, 5.74) is 4.08. The van der Waals surface area contributed by atoms with Crippen molar-refractivity contribution in [2.24, 2.45) is 0 Å². The van der Waals surface area contributed by atoms with Crippen molar-refractivity contribution < 1.29 is 9.53 Å². The maximum atomic E-state index is 12.3. The average Bonchev–Trinajstić information content (AvgIpc) is 2.75. The minimum absolute atomic E-state index is 0.239. The number of benzene rings is 3. The predicted molar refractivity (Wildman–Crippen MR) is 115 cm³/mol.